The van der Waals surface area contributed by atoms with E-state index >= 15 is 0 Å². The quantitative estimate of drug-likeness (QED) is 0.737. The SMILES string of the molecule is CCCCCOc1nsnc1-c1cncnc1. The summed E-state index contributed by atoms with van der Waals surface area (Å²) in [6.45, 7) is 2.84. The van der Waals surface area contributed by atoms with Crippen LogP contribution in [0, 0.1) is 0 Å². The molecule has 0 saturated heterocycles. The molecule has 0 spiro atoms. The Morgan fingerprint density at radius 1 is 1.18 bits per heavy atom. The van der Waals surface area contributed by atoms with E-state index in [0.717, 1.165) is 29.4 Å². The van der Waals surface area contributed by atoms with E-state index in [1.54, 1.807) is 12.4 Å². The second-order valence-electron chi connectivity index (χ2n) is 3.60. The van der Waals surface area contributed by atoms with Crippen LogP contribution in [0.25, 0.3) is 11.3 Å². The van der Waals surface area contributed by atoms with Gasteiger partial charge in [0.15, 0.2) is 5.69 Å². The molecular weight excluding hydrogens is 236 g/mol. The monoisotopic (exact) mass is 250 g/mol. The number of nitrogens with zero attached hydrogens (tertiary/aromatic N) is 4. The van der Waals surface area contributed by atoms with Gasteiger partial charge in [-0.3, -0.25) is 0 Å². The van der Waals surface area contributed by atoms with Crippen LogP contribution in [-0.4, -0.2) is 25.3 Å². The molecule has 17 heavy (non-hydrogen) atoms. The van der Waals surface area contributed by atoms with Crippen LogP contribution in [0.3, 0.4) is 0 Å². The lowest BCUT2D eigenvalue weighted by Crippen LogP contribution is -1.98. The molecule has 0 bridgehead atoms. The van der Waals surface area contributed by atoms with E-state index in [-0.39, 0.29) is 0 Å². The minimum Gasteiger partial charge on any atom is -0.475 e. The normalized spacial score (nSPS) is 10.4. The first-order chi connectivity index (χ1) is 8.42. The predicted octanol–water partition coefficient (Wildman–Crippen LogP) is 2.56. The Balaban J connectivity index is 2.02. The van der Waals surface area contributed by atoms with Gasteiger partial charge in [-0.25, -0.2) is 9.97 Å². The van der Waals surface area contributed by atoms with Crippen LogP contribution in [0.4, 0.5) is 0 Å². The third-order valence-electron chi connectivity index (χ3n) is 2.28. The summed E-state index contributed by atoms with van der Waals surface area (Å²) < 4.78 is 14.0. The fourth-order valence-electron chi connectivity index (χ4n) is 1.39. The Hall–Kier alpha value is -1.56. The standard InChI is InChI=1S/C11H14N4OS/c1-2-3-4-5-16-11-10(14-17-15-11)9-6-12-8-13-7-9/h6-8H,2-5H2,1H3. The third kappa shape index (κ3) is 3.20. The first-order valence-electron chi connectivity index (χ1n) is 5.62. The summed E-state index contributed by atoms with van der Waals surface area (Å²) in [4.78, 5) is 7.92. The van der Waals surface area contributed by atoms with Gasteiger partial charge in [0.1, 0.15) is 6.33 Å². The van der Waals surface area contributed by atoms with Crippen LogP contribution in [0.15, 0.2) is 18.7 Å². The lowest BCUT2D eigenvalue weighted by atomic mass is 10.2. The highest BCUT2D eigenvalue weighted by Gasteiger charge is 2.11. The Kier molecular flexibility index (Phi) is 4.37. The van der Waals surface area contributed by atoms with Gasteiger partial charge in [-0.1, -0.05) is 19.8 Å². The Bertz CT molecular complexity index is 446. The highest BCUT2D eigenvalue weighted by molar-refractivity contribution is 6.99. The van der Waals surface area contributed by atoms with Gasteiger partial charge < -0.3 is 4.74 Å². The summed E-state index contributed by atoms with van der Waals surface area (Å²) in [5.74, 6) is 0.584. The first-order valence-corrected chi connectivity index (χ1v) is 6.35. The number of aromatic nitrogens is 4. The summed E-state index contributed by atoms with van der Waals surface area (Å²) in [6, 6.07) is 0. The molecule has 0 radical (unpaired) electrons. The van der Waals surface area contributed by atoms with Crippen molar-refractivity contribution in [1.82, 2.24) is 18.7 Å². The van der Waals surface area contributed by atoms with Crippen molar-refractivity contribution in [2.75, 3.05) is 6.61 Å². The Morgan fingerprint density at radius 3 is 2.76 bits per heavy atom. The van der Waals surface area contributed by atoms with E-state index in [0.29, 0.717) is 12.5 Å². The second-order valence-corrected chi connectivity index (χ2v) is 4.13. The van der Waals surface area contributed by atoms with Gasteiger partial charge in [0.2, 0.25) is 0 Å². The summed E-state index contributed by atoms with van der Waals surface area (Å²) in [5, 5.41) is 0. The Labute approximate surface area is 104 Å². The van der Waals surface area contributed by atoms with Gasteiger partial charge in [0, 0.05) is 18.0 Å². The van der Waals surface area contributed by atoms with Crippen molar-refractivity contribution in [2.24, 2.45) is 0 Å². The lowest BCUT2D eigenvalue weighted by Gasteiger charge is -2.03. The molecule has 0 fully saturated rings. The second kappa shape index (κ2) is 6.24. The highest BCUT2D eigenvalue weighted by atomic mass is 32.1. The number of hydrogen-bond acceptors (Lipinski definition) is 6. The van der Waals surface area contributed by atoms with Crippen molar-refractivity contribution in [2.45, 2.75) is 26.2 Å². The van der Waals surface area contributed by atoms with E-state index < -0.39 is 0 Å². The summed E-state index contributed by atoms with van der Waals surface area (Å²) >= 11 is 1.14. The highest BCUT2D eigenvalue weighted by Crippen LogP contribution is 2.26. The van der Waals surface area contributed by atoms with Gasteiger partial charge in [0.25, 0.3) is 5.88 Å². The van der Waals surface area contributed by atoms with E-state index in [4.69, 9.17) is 4.74 Å². The molecule has 2 rings (SSSR count). The van der Waals surface area contributed by atoms with Gasteiger partial charge in [-0.05, 0) is 6.42 Å². The molecule has 0 aliphatic heterocycles. The minimum absolute atomic E-state index is 0.584. The fraction of sp³-hybridized carbons (Fsp3) is 0.455. The summed E-state index contributed by atoms with van der Waals surface area (Å²) in [5.41, 5.74) is 1.57. The zero-order valence-corrected chi connectivity index (χ0v) is 10.5. The molecule has 0 saturated carbocycles. The molecule has 2 aromatic rings. The smallest absolute Gasteiger partial charge is 0.254 e. The van der Waals surface area contributed by atoms with E-state index in [2.05, 4.69) is 25.6 Å². The van der Waals surface area contributed by atoms with Gasteiger partial charge in [0.05, 0.1) is 18.3 Å². The summed E-state index contributed by atoms with van der Waals surface area (Å²) in [7, 11) is 0. The van der Waals surface area contributed by atoms with Gasteiger partial charge in [-0.2, -0.15) is 4.37 Å². The van der Waals surface area contributed by atoms with E-state index in [1.165, 1.54) is 19.2 Å². The molecule has 90 valence electrons. The van der Waals surface area contributed by atoms with Crippen molar-refractivity contribution >= 4 is 11.7 Å². The van der Waals surface area contributed by atoms with E-state index in [1.807, 2.05) is 0 Å². The largest absolute Gasteiger partial charge is 0.475 e. The molecule has 2 aromatic heterocycles. The van der Waals surface area contributed by atoms with E-state index in [9.17, 15) is 0 Å². The number of rotatable bonds is 6. The van der Waals surface area contributed by atoms with Gasteiger partial charge >= 0.3 is 0 Å². The van der Waals surface area contributed by atoms with Crippen LogP contribution in [0.1, 0.15) is 26.2 Å². The zero-order valence-electron chi connectivity index (χ0n) is 9.67. The maximum atomic E-state index is 5.61. The van der Waals surface area contributed by atoms with Crippen molar-refractivity contribution in [3.05, 3.63) is 18.7 Å². The number of ether oxygens (including phenoxy) is 1. The molecule has 0 unspecified atom stereocenters. The van der Waals surface area contributed by atoms with Crippen molar-refractivity contribution < 1.29 is 4.74 Å². The number of hydrogen-bond donors (Lipinski definition) is 0. The van der Waals surface area contributed by atoms with Crippen molar-refractivity contribution in [1.29, 1.82) is 0 Å². The average molecular weight is 250 g/mol. The zero-order chi connectivity index (χ0) is 11.9. The maximum Gasteiger partial charge on any atom is 0.254 e. The summed E-state index contributed by atoms with van der Waals surface area (Å²) in [6.07, 6.45) is 8.30. The molecule has 0 atom stereocenters. The Morgan fingerprint density at radius 2 is 2.00 bits per heavy atom. The van der Waals surface area contributed by atoms with Gasteiger partial charge in [-0.15, -0.1) is 4.37 Å². The minimum atomic E-state index is 0.584. The number of unbranched alkanes of at least 4 members (excludes halogenated alkanes) is 2. The molecule has 0 aliphatic rings. The lowest BCUT2D eigenvalue weighted by molar-refractivity contribution is 0.298. The third-order valence-corrected chi connectivity index (χ3v) is 2.79. The maximum absolute atomic E-state index is 5.61. The molecule has 0 N–H and O–H groups in total. The van der Waals surface area contributed by atoms with Crippen LogP contribution in [0.2, 0.25) is 0 Å². The molecule has 0 aromatic carbocycles. The van der Waals surface area contributed by atoms with Crippen LogP contribution < -0.4 is 4.74 Å². The van der Waals surface area contributed by atoms with Crippen molar-refractivity contribution in [3.63, 3.8) is 0 Å². The van der Waals surface area contributed by atoms with Crippen molar-refractivity contribution in [3.8, 4) is 17.1 Å². The first kappa shape index (κ1) is 11.9. The average Bonchev–Trinajstić information content (AvgIpc) is 2.84. The fourth-order valence-corrected chi connectivity index (χ4v) is 1.91. The van der Waals surface area contributed by atoms with Crippen LogP contribution >= 0.6 is 11.7 Å². The molecule has 5 nitrogen and oxygen atoms in total. The molecule has 0 aliphatic carbocycles. The molecule has 6 heteroatoms. The molecule has 0 amide bonds. The molecular formula is C11H14N4OS. The topological polar surface area (TPSA) is 60.8 Å². The van der Waals surface area contributed by atoms with Crippen LogP contribution in [0.5, 0.6) is 5.88 Å². The predicted molar refractivity (Wildman–Crippen MR) is 66.0 cm³/mol. The van der Waals surface area contributed by atoms with Crippen LogP contribution in [-0.2, 0) is 0 Å². The molecule has 2 heterocycles.